The van der Waals surface area contributed by atoms with Gasteiger partial charge < -0.3 is 5.73 Å². The van der Waals surface area contributed by atoms with Crippen LogP contribution in [0, 0.1) is 5.92 Å². The summed E-state index contributed by atoms with van der Waals surface area (Å²) >= 11 is 1.64. The third-order valence-corrected chi connectivity index (χ3v) is 3.82. The molecule has 2 aromatic rings. The molecule has 1 unspecified atom stereocenters. The molecule has 1 atom stereocenters. The molecule has 96 valence electrons. The minimum absolute atomic E-state index is 0.178. The monoisotopic (exact) mass is 263 g/mol. The van der Waals surface area contributed by atoms with Crippen LogP contribution in [0.25, 0.3) is 10.2 Å². The summed E-state index contributed by atoms with van der Waals surface area (Å²) in [7, 11) is 0. The number of nitrogens with zero attached hydrogens (tertiary/aromatic N) is 1. The molecule has 0 saturated carbocycles. The fraction of sp³-hybridized carbons (Fsp3) is 0.385. The van der Waals surface area contributed by atoms with Crippen LogP contribution in [-0.2, 0) is 11.3 Å². The van der Waals surface area contributed by atoms with Crippen LogP contribution >= 0.6 is 11.3 Å². The maximum atomic E-state index is 11.3. The van der Waals surface area contributed by atoms with Crippen LogP contribution in [0.3, 0.4) is 0 Å². The van der Waals surface area contributed by atoms with Crippen molar-refractivity contribution in [3.05, 3.63) is 29.3 Å². The van der Waals surface area contributed by atoms with Crippen molar-refractivity contribution in [1.82, 2.24) is 10.3 Å². The Labute approximate surface area is 110 Å². The molecule has 0 radical (unpaired) electrons. The zero-order valence-corrected chi connectivity index (χ0v) is 11.3. The minimum Gasteiger partial charge on any atom is -0.368 e. The fourth-order valence-corrected chi connectivity index (χ4v) is 2.78. The van der Waals surface area contributed by atoms with E-state index < -0.39 is 0 Å². The van der Waals surface area contributed by atoms with E-state index >= 15 is 0 Å². The molecule has 0 bridgehead atoms. The Morgan fingerprint density at radius 1 is 1.44 bits per heavy atom. The van der Waals surface area contributed by atoms with E-state index in [-0.39, 0.29) is 17.9 Å². The van der Waals surface area contributed by atoms with Gasteiger partial charge in [-0.3, -0.25) is 10.1 Å². The summed E-state index contributed by atoms with van der Waals surface area (Å²) < 4.78 is 1.16. The number of fused-ring (bicyclic) bond motifs is 1. The molecule has 5 heteroatoms. The van der Waals surface area contributed by atoms with Crippen molar-refractivity contribution in [2.45, 2.75) is 26.4 Å². The lowest BCUT2D eigenvalue weighted by atomic mass is 10.0. The molecule has 3 N–H and O–H groups in total. The molecule has 1 aromatic heterocycles. The molecule has 0 aliphatic heterocycles. The number of aromatic nitrogens is 1. The van der Waals surface area contributed by atoms with E-state index in [2.05, 4.69) is 10.3 Å². The Kier molecular flexibility index (Phi) is 3.93. The van der Waals surface area contributed by atoms with Crippen LogP contribution < -0.4 is 11.1 Å². The van der Waals surface area contributed by atoms with Crippen molar-refractivity contribution in [2.75, 3.05) is 0 Å². The number of rotatable bonds is 5. The molecule has 0 aliphatic carbocycles. The van der Waals surface area contributed by atoms with Crippen LogP contribution in [-0.4, -0.2) is 16.9 Å². The molecule has 0 saturated heterocycles. The standard InChI is InChI=1S/C13H17N3OS/c1-8(2)12(13(14)17)15-7-11-16-9-5-3-4-6-10(9)18-11/h3-6,8,12,15H,7H2,1-2H3,(H2,14,17). The van der Waals surface area contributed by atoms with Crippen LogP contribution in [0.2, 0.25) is 0 Å². The largest absolute Gasteiger partial charge is 0.368 e. The van der Waals surface area contributed by atoms with E-state index in [0.29, 0.717) is 6.54 Å². The summed E-state index contributed by atoms with van der Waals surface area (Å²) in [6.07, 6.45) is 0. The van der Waals surface area contributed by atoms with E-state index in [9.17, 15) is 4.79 Å². The summed E-state index contributed by atoms with van der Waals surface area (Å²) in [5.74, 6) is -0.136. The molecule has 18 heavy (non-hydrogen) atoms. The molecule has 4 nitrogen and oxygen atoms in total. The topological polar surface area (TPSA) is 68.0 Å². The van der Waals surface area contributed by atoms with Crippen molar-refractivity contribution in [2.24, 2.45) is 11.7 Å². The number of hydrogen-bond donors (Lipinski definition) is 2. The first-order chi connectivity index (χ1) is 8.58. The lowest BCUT2D eigenvalue weighted by Crippen LogP contribution is -2.44. The number of carbonyl (C=O) groups excluding carboxylic acids is 1. The summed E-state index contributed by atoms with van der Waals surface area (Å²) in [5, 5.41) is 4.14. The first kappa shape index (κ1) is 13.0. The van der Waals surface area contributed by atoms with Crippen molar-refractivity contribution in [1.29, 1.82) is 0 Å². The van der Waals surface area contributed by atoms with E-state index in [1.807, 2.05) is 38.1 Å². The molecule has 0 spiro atoms. The quantitative estimate of drug-likeness (QED) is 0.865. The highest BCUT2D eigenvalue weighted by molar-refractivity contribution is 7.18. The number of benzene rings is 1. The highest BCUT2D eigenvalue weighted by Gasteiger charge is 2.19. The summed E-state index contributed by atoms with van der Waals surface area (Å²) in [6.45, 7) is 4.52. The van der Waals surface area contributed by atoms with Gasteiger partial charge >= 0.3 is 0 Å². The van der Waals surface area contributed by atoms with E-state index in [1.54, 1.807) is 11.3 Å². The lowest BCUT2D eigenvalue weighted by molar-refractivity contribution is -0.121. The summed E-state index contributed by atoms with van der Waals surface area (Å²) in [6, 6.07) is 7.70. The minimum atomic E-state index is -0.314. The molecule has 2 rings (SSSR count). The van der Waals surface area contributed by atoms with E-state index in [0.717, 1.165) is 15.2 Å². The van der Waals surface area contributed by atoms with Crippen LogP contribution in [0.1, 0.15) is 18.9 Å². The zero-order valence-electron chi connectivity index (χ0n) is 10.5. The predicted octanol–water partition coefficient (Wildman–Crippen LogP) is 1.90. The third-order valence-electron chi connectivity index (χ3n) is 2.78. The number of primary amides is 1. The van der Waals surface area contributed by atoms with Gasteiger partial charge in [-0.05, 0) is 18.1 Å². The molecular weight excluding hydrogens is 246 g/mol. The van der Waals surface area contributed by atoms with Crippen molar-refractivity contribution >= 4 is 27.5 Å². The van der Waals surface area contributed by atoms with Gasteiger partial charge in [0, 0.05) is 6.54 Å². The number of para-hydroxylation sites is 1. The summed E-state index contributed by atoms with van der Waals surface area (Å²) in [4.78, 5) is 15.8. The number of carbonyl (C=O) groups is 1. The predicted molar refractivity (Wildman–Crippen MR) is 74.3 cm³/mol. The second-order valence-corrected chi connectivity index (χ2v) is 5.70. The highest BCUT2D eigenvalue weighted by Crippen LogP contribution is 2.21. The van der Waals surface area contributed by atoms with Gasteiger partial charge in [0.1, 0.15) is 5.01 Å². The van der Waals surface area contributed by atoms with E-state index in [4.69, 9.17) is 5.73 Å². The van der Waals surface area contributed by atoms with Gasteiger partial charge in [-0.1, -0.05) is 26.0 Å². The zero-order chi connectivity index (χ0) is 13.1. The first-order valence-electron chi connectivity index (χ1n) is 5.95. The molecule has 1 heterocycles. The third kappa shape index (κ3) is 2.86. The van der Waals surface area contributed by atoms with Gasteiger partial charge in [0.25, 0.3) is 0 Å². The number of nitrogens with one attached hydrogen (secondary N) is 1. The van der Waals surface area contributed by atoms with Gasteiger partial charge in [-0.2, -0.15) is 0 Å². The molecule has 0 fully saturated rings. The fourth-order valence-electron chi connectivity index (χ4n) is 1.86. The van der Waals surface area contributed by atoms with Crippen molar-refractivity contribution in [3.8, 4) is 0 Å². The van der Waals surface area contributed by atoms with Crippen molar-refractivity contribution < 1.29 is 4.79 Å². The average molecular weight is 263 g/mol. The van der Waals surface area contributed by atoms with Gasteiger partial charge in [0.05, 0.1) is 16.3 Å². The molecular formula is C13H17N3OS. The maximum Gasteiger partial charge on any atom is 0.234 e. The highest BCUT2D eigenvalue weighted by atomic mass is 32.1. The normalized spacial score (nSPS) is 13.1. The lowest BCUT2D eigenvalue weighted by Gasteiger charge is -2.17. The number of hydrogen-bond acceptors (Lipinski definition) is 4. The molecule has 0 aliphatic rings. The van der Waals surface area contributed by atoms with Gasteiger partial charge in [-0.15, -0.1) is 11.3 Å². The van der Waals surface area contributed by atoms with Gasteiger partial charge in [0.2, 0.25) is 5.91 Å². The Balaban J connectivity index is 2.07. The second-order valence-electron chi connectivity index (χ2n) is 4.58. The SMILES string of the molecule is CC(C)C(NCc1nc2ccccc2s1)C(N)=O. The van der Waals surface area contributed by atoms with Crippen LogP contribution in [0.4, 0.5) is 0 Å². The van der Waals surface area contributed by atoms with Crippen LogP contribution in [0.5, 0.6) is 0 Å². The van der Waals surface area contributed by atoms with Gasteiger partial charge in [-0.25, -0.2) is 4.98 Å². The first-order valence-corrected chi connectivity index (χ1v) is 6.76. The van der Waals surface area contributed by atoms with E-state index in [1.165, 1.54) is 0 Å². The van der Waals surface area contributed by atoms with Crippen LogP contribution in [0.15, 0.2) is 24.3 Å². The molecule has 1 aromatic carbocycles. The average Bonchev–Trinajstić information content (AvgIpc) is 2.70. The number of amides is 1. The second kappa shape index (κ2) is 5.46. The smallest absolute Gasteiger partial charge is 0.234 e. The Bertz CT molecular complexity index is 517. The van der Waals surface area contributed by atoms with Crippen molar-refractivity contribution in [3.63, 3.8) is 0 Å². The Morgan fingerprint density at radius 2 is 2.17 bits per heavy atom. The molecule has 1 amide bonds. The number of nitrogens with two attached hydrogens (primary N) is 1. The number of thiazole rings is 1. The van der Waals surface area contributed by atoms with Gasteiger partial charge in [0.15, 0.2) is 0 Å². The Morgan fingerprint density at radius 3 is 2.78 bits per heavy atom. The summed E-state index contributed by atoms with van der Waals surface area (Å²) in [5.41, 5.74) is 6.36. The Hall–Kier alpha value is -1.46. The maximum absolute atomic E-state index is 11.3.